The summed E-state index contributed by atoms with van der Waals surface area (Å²) < 4.78 is 13.1. The van der Waals surface area contributed by atoms with Gasteiger partial charge in [0.15, 0.2) is 5.78 Å². The van der Waals surface area contributed by atoms with Gasteiger partial charge in [0.05, 0.1) is 0 Å². The van der Waals surface area contributed by atoms with Crippen molar-refractivity contribution in [3.05, 3.63) is 102 Å². The molecule has 0 aromatic heterocycles. The molecule has 114 valence electrons. The summed E-state index contributed by atoms with van der Waals surface area (Å²) in [4.78, 5) is 12.9. The molecule has 0 saturated carbocycles. The number of benzene rings is 3. The van der Waals surface area contributed by atoms with Crippen LogP contribution in [0, 0.1) is 5.82 Å². The Hall–Kier alpha value is -2.94. The number of nitrogens with one attached hydrogen (secondary N) is 1. The van der Waals surface area contributed by atoms with E-state index in [9.17, 15) is 9.18 Å². The summed E-state index contributed by atoms with van der Waals surface area (Å²) in [5, 5.41) is 3.26. The molecule has 0 bridgehead atoms. The van der Waals surface area contributed by atoms with Crippen molar-refractivity contribution in [3.8, 4) is 0 Å². The minimum atomic E-state index is -0.524. The molecule has 0 spiro atoms. The van der Waals surface area contributed by atoms with Crippen LogP contribution in [0.2, 0.25) is 0 Å². The van der Waals surface area contributed by atoms with Gasteiger partial charge in [0, 0.05) is 11.3 Å². The molecular formula is C20H16FNO. The van der Waals surface area contributed by atoms with Crippen LogP contribution in [0.1, 0.15) is 22.0 Å². The Morgan fingerprint density at radius 3 is 1.96 bits per heavy atom. The van der Waals surface area contributed by atoms with E-state index in [1.165, 1.54) is 24.3 Å². The summed E-state index contributed by atoms with van der Waals surface area (Å²) in [7, 11) is 0. The van der Waals surface area contributed by atoms with Crippen LogP contribution in [-0.2, 0) is 0 Å². The van der Waals surface area contributed by atoms with Crippen molar-refractivity contribution in [1.82, 2.24) is 0 Å². The fourth-order valence-corrected chi connectivity index (χ4v) is 2.43. The number of carbonyl (C=O) groups excluding carboxylic acids is 1. The Morgan fingerprint density at radius 2 is 1.35 bits per heavy atom. The van der Waals surface area contributed by atoms with Gasteiger partial charge in [-0.05, 0) is 42.0 Å². The molecule has 0 fully saturated rings. The van der Waals surface area contributed by atoms with Gasteiger partial charge in [0.1, 0.15) is 11.9 Å². The maximum absolute atomic E-state index is 13.1. The van der Waals surface area contributed by atoms with E-state index in [0.29, 0.717) is 5.56 Å². The average molecular weight is 305 g/mol. The van der Waals surface area contributed by atoms with Gasteiger partial charge in [-0.3, -0.25) is 4.79 Å². The predicted octanol–water partition coefficient (Wildman–Crippen LogP) is 4.86. The highest BCUT2D eigenvalue weighted by atomic mass is 19.1. The maximum atomic E-state index is 13.1. The fourth-order valence-electron chi connectivity index (χ4n) is 2.43. The third-order valence-corrected chi connectivity index (χ3v) is 3.61. The van der Waals surface area contributed by atoms with E-state index < -0.39 is 6.04 Å². The largest absolute Gasteiger partial charge is 0.371 e. The number of rotatable bonds is 5. The molecule has 0 aliphatic heterocycles. The molecule has 1 N–H and O–H groups in total. The van der Waals surface area contributed by atoms with Crippen molar-refractivity contribution in [3.63, 3.8) is 0 Å². The van der Waals surface area contributed by atoms with Crippen molar-refractivity contribution < 1.29 is 9.18 Å². The predicted molar refractivity (Wildman–Crippen MR) is 90.0 cm³/mol. The van der Waals surface area contributed by atoms with Crippen molar-refractivity contribution in [2.75, 3.05) is 5.32 Å². The Labute approximate surface area is 134 Å². The smallest absolute Gasteiger partial charge is 0.189 e. The molecule has 0 saturated heterocycles. The zero-order valence-corrected chi connectivity index (χ0v) is 12.4. The minimum absolute atomic E-state index is 0.0972. The van der Waals surface area contributed by atoms with E-state index in [-0.39, 0.29) is 11.6 Å². The first-order valence-electron chi connectivity index (χ1n) is 7.40. The topological polar surface area (TPSA) is 29.1 Å². The van der Waals surface area contributed by atoms with Gasteiger partial charge in [0.25, 0.3) is 0 Å². The summed E-state index contributed by atoms with van der Waals surface area (Å²) in [6.07, 6.45) is 0. The van der Waals surface area contributed by atoms with Crippen molar-refractivity contribution in [2.45, 2.75) is 6.04 Å². The second-order valence-electron chi connectivity index (χ2n) is 5.23. The summed E-state index contributed by atoms with van der Waals surface area (Å²) >= 11 is 0. The first-order valence-corrected chi connectivity index (χ1v) is 7.40. The Balaban J connectivity index is 1.94. The van der Waals surface area contributed by atoms with Gasteiger partial charge in [-0.25, -0.2) is 4.39 Å². The Kier molecular flexibility index (Phi) is 4.48. The zero-order valence-electron chi connectivity index (χ0n) is 12.4. The number of halogens is 1. The number of anilines is 1. The number of hydrogen-bond donors (Lipinski definition) is 1. The van der Waals surface area contributed by atoms with Crippen LogP contribution >= 0.6 is 0 Å². The second-order valence-corrected chi connectivity index (χ2v) is 5.23. The first kappa shape index (κ1) is 15.0. The Morgan fingerprint density at radius 1 is 0.783 bits per heavy atom. The molecule has 3 rings (SSSR count). The van der Waals surface area contributed by atoms with Crippen molar-refractivity contribution in [2.24, 2.45) is 0 Å². The third-order valence-electron chi connectivity index (χ3n) is 3.61. The van der Waals surface area contributed by atoms with Gasteiger partial charge in [-0.15, -0.1) is 0 Å². The molecule has 0 amide bonds. The van der Waals surface area contributed by atoms with Gasteiger partial charge < -0.3 is 5.32 Å². The summed E-state index contributed by atoms with van der Waals surface area (Å²) in [5.74, 6) is -0.450. The van der Waals surface area contributed by atoms with Crippen LogP contribution in [-0.4, -0.2) is 5.78 Å². The van der Waals surface area contributed by atoms with Crippen LogP contribution in [0.4, 0.5) is 10.1 Å². The average Bonchev–Trinajstić information content (AvgIpc) is 2.61. The van der Waals surface area contributed by atoms with E-state index >= 15 is 0 Å². The minimum Gasteiger partial charge on any atom is -0.371 e. The van der Waals surface area contributed by atoms with E-state index in [1.807, 2.05) is 60.7 Å². The van der Waals surface area contributed by atoms with Crippen LogP contribution < -0.4 is 5.32 Å². The number of ketones is 1. The molecule has 0 aliphatic rings. The molecule has 2 nitrogen and oxygen atoms in total. The van der Waals surface area contributed by atoms with Crippen LogP contribution in [0.5, 0.6) is 0 Å². The van der Waals surface area contributed by atoms with E-state index in [0.717, 1.165) is 11.3 Å². The second kappa shape index (κ2) is 6.88. The highest BCUT2D eigenvalue weighted by Gasteiger charge is 2.21. The van der Waals surface area contributed by atoms with Crippen LogP contribution in [0.25, 0.3) is 0 Å². The van der Waals surface area contributed by atoms with Crippen molar-refractivity contribution >= 4 is 11.5 Å². The number of para-hydroxylation sites is 1. The summed E-state index contributed by atoms with van der Waals surface area (Å²) in [5.41, 5.74) is 2.20. The molecule has 3 aromatic carbocycles. The lowest BCUT2D eigenvalue weighted by molar-refractivity contribution is 0.0969. The normalized spacial score (nSPS) is 11.7. The lowest BCUT2D eigenvalue weighted by atomic mass is 9.97. The molecule has 3 heteroatoms. The molecule has 0 radical (unpaired) electrons. The number of hydrogen-bond acceptors (Lipinski definition) is 2. The quantitative estimate of drug-likeness (QED) is 0.682. The molecule has 0 heterocycles. The lowest BCUT2D eigenvalue weighted by Gasteiger charge is -2.19. The monoisotopic (exact) mass is 305 g/mol. The zero-order chi connectivity index (χ0) is 16.1. The summed E-state index contributed by atoms with van der Waals surface area (Å²) in [6.45, 7) is 0. The molecule has 0 aliphatic carbocycles. The van der Waals surface area contributed by atoms with Crippen LogP contribution in [0.3, 0.4) is 0 Å². The number of Topliss-reactive ketones (excluding diaryl/α,β-unsaturated/α-hetero) is 1. The number of carbonyl (C=O) groups is 1. The highest BCUT2D eigenvalue weighted by molar-refractivity contribution is 6.02. The highest BCUT2D eigenvalue weighted by Crippen LogP contribution is 2.23. The molecule has 0 unspecified atom stereocenters. The first-order chi connectivity index (χ1) is 11.2. The summed E-state index contributed by atoms with van der Waals surface area (Å²) in [6, 6.07) is 24.2. The van der Waals surface area contributed by atoms with Crippen LogP contribution in [0.15, 0.2) is 84.9 Å². The fraction of sp³-hybridized carbons (Fsp3) is 0.0500. The molecular weight excluding hydrogens is 289 g/mol. The third kappa shape index (κ3) is 3.64. The van der Waals surface area contributed by atoms with E-state index in [4.69, 9.17) is 0 Å². The lowest BCUT2D eigenvalue weighted by Crippen LogP contribution is -2.21. The standard InChI is InChI=1S/C20H16FNO/c21-17-13-11-16(12-14-17)20(23)19(15-7-3-1-4-8-15)22-18-9-5-2-6-10-18/h1-14,19,22H/t19-/m0/s1. The molecule has 1 atom stereocenters. The maximum Gasteiger partial charge on any atom is 0.189 e. The van der Waals surface area contributed by atoms with E-state index in [1.54, 1.807) is 0 Å². The van der Waals surface area contributed by atoms with Gasteiger partial charge >= 0.3 is 0 Å². The van der Waals surface area contributed by atoms with Crippen molar-refractivity contribution in [1.29, 1.82) is 0 Å². The van der Waals surface area contributed by atoms with Gasteiger partial charge in [0.2, 0.25) is 0 Å². The Bertz CT molecular complexity index is 770. The van der Waals surface area contributed by atoms with Gasteiger partial charge in [-0.2, -0.15) is 0 Å². The molecule has 3 aromatic rings. The van der Waals surface area contributed by atoms with E-state index in [2.05, 4.69) is 5.32 Å². The SMILES string of the molecule is O=C(c1ccc(F)cc1)[C@@H](Nc1ccccc1)c1ccccc1. The molecule has 23 heavy (non-hydrogen) atoms. The van der Waals surface area contributed by atoms with Gasteiger partial charge in [-0.1, -0.05) is 48.5 Å².